The molecule has 0 aromatic carbocycles. The van der Waals surface area contributed by atoms with Crippen LogP contribution in [0.4, 0.5) is 11.5 Å². The van der Waals surface area contributed by atoms with Crippen molar-refractivity contribution in [2.45, 2.75) is 19.9 Å². The Morgan fingerprint density at radius 3 is 2.62 bits per heavy atom. The molecule has 1 rings (SSSR count). The Hall–Kier alpha value is -1.69. The lowest BCUT2D eigenvalue weighted by molar-refractivity contribution is -0.385. The maximum absolute atomic E-state index is 10.4. The van der Waals surface area contributed by atoms with Gasteiger partial charge in [-0.2, -0.15) is 0 Å². The molecule has 0 fully saturated rings. The lowest BCUT2D eigenvalue weighted by atomic mass is 10.1. The summed E-state index contributed by atoms with van der Waals surface area (Å²) < 4.78 is 0. The van der Waals surface area contributed by atoms with E-state index in [0.29, 0.717) is 5.82 Å². The lowest BCUT2D eigenvalue weighted by Crippen LogP contribution is -2.29. The first-order valence-corrected chi connectivity index (χ1v) is 5.02. The molecule has 0 aliphatic carbocycles. The first-order chi connectivity index (χ1) is 7.54. The van der Waals surface area contributed by atoms with Gasteiger partial charge < -0.3 is 10.4 Å². The van der Waals surface area contributed by atoms with Crippen LogP contribution in [-0.2, 0) is 0 Å². The van der Waals surface area contributed by atoms with Crippen LogP contribution in [0.25, 0.3) is 0 Å². The summed E-state index contributed by atoms with van der Waals surface area (Å²) in [5, 5.41) is 22.5. The van der Waals surface area contributed by atoms with Crippen LogP contribution in [-0.4, -0.2) is 27.7 Å². The van der Waals surface area contributed by atoms with Gasteiger partial charge in [0.05, 0.1) is 17.6 Å². The molecule has 0 saturated heterocycles. The minimum Gasteiger partial charge on any atom is -0.394 e. The van der Waals surface area contributed by atoms with Crippen molar-refractivity contribution in [1.82, 2.24) is 4.98 Å². The van der Waals surface area contributed by atoms with Gasteiger partial charge >= 0.3 is 0 Å². The number of pyridine rings is 1. The highest BCUT2D eigenvalue weighted by Gasteiger charge is 2.13. The van der Waals surface area contributed by atoms with E-state index in [4.69, 9.17) is 5.11 Å². The van der Waals surface area contributed by atoms with Gasteiger partial charge in [0.2, 0.25) is 0 Å². The molecule has 2 N–H and O–H groups in total. The maximum atomic E-state index is 10.4. The molecule has 1 atom stereocenters. The third-order valence-electron chi connectivity index (χ3n) is 2.29. The molecule has 0 saturated carbocycles. The summed E-state index contributed by atoms with van der Waals surface area (Å²) in [6, 6.07) is 2.81. The Balaban J connectivity index is 2.71. The highest BCUT2D eigenvalue weighted by molar-refractivity contribution is 5.40. The van der Waals surface area contributed by atoms with Crippen LogP contribution >= 0.6 is 0 Å². The Morgan fingerprint density at radius 1 is 1.56 bits per heavy atom. The van der Waals surface area contributed by atoms with E-state index in [1.54, 1.807) is 0 Å². The second-order valence-corrected chi connectivity index (χ2v) is 3.84. The van der Waals surface area contributed by atoms with Gasteiger partial charge in [-0.15, -0.1) is 0 Å². The van der Waals surface area contributed by atoms with Crippen LogP contribution in [0.2, 0.25) is 0 Å². The van der Waals surface area contributed by atoms with Gasteiger partial charge in [0.15, 0.2) is 0 Å². The molecule has 0 spiro atoms. The third-order valence-corrected chi connectivity index (χ3v) is 2.29. The second kappa shape index (κ2) is 5.41. The number of anilines is 1. The molecule has 0 bridgehead atoms. The molecule has 0 aliphatic heterocycles. The Morgan fingerprint density at radius 2 is 2.25 bits per heavy atom. The van der Waals surface area contributed by atoms with E-state index in [9.17, 15) is 10.1 Å². The van der Waals surface area contributed by atoms with E-state index in [2.05, 4.69) is 10.3 Å². The van der Waals surface area contributed by atoms with Crippen molar-refractivity contribution in [3.05, 3.63) is 28.4 Å². The number of nitrogens with zero attached hydrogens (tertiary/aromatic N) is 2. The van der Waals surface area contributed by atoms with Crippen molar-refractivity contribution in [3.63, 3.8) is 0 Å². The first-order valence-electron chi connectivity index (χ1n) is 5.02. The van der Waals surface area contributed by atoms with Crippen LogP contribution in [0.3, 0.4) is 0 Å². The fraction of sp³-hybridized carbons (Fsp3) is 0.500. The van der Waals surface area contributed by atoms with Gasteiger partial charge in [0.25, 0.3) is 5.69 Å². The van der Waals surface area contributed by atoms with Crippen LogP contribution < -0.4 is 5.32 Å². The SMILES string of the molecule is CC(C)C(CO)Nc1ccc([N+](=O)[O-])cn1. The molecule has 0 amide bonds. The van der Waals surface area contributed by atoms with Crippen molar-refractivity contribution < 1.29 is 10.0 Å². The van der Waals surface area contributed by atoms with Crippen molar-refractivity contribution >= 4 is 11.5 Å². The lowest BCUT2D eigenvalue weighted by Gasteiger charge is -2.20. The minimum atomic E-state index is -0.497. The maximum Gasteiger partial charge on any atom is 0.287 e. The summed E-state index contributed by atoms with van der Waals surface area (Å²) in [4.78, 5) is 13.8. The topological polar surface area (TPSA) is 88.3 Å². The summed E-state index contributed by atoms with van der Waals surface area (Å²) in [5.74, 6) is 0.778. The number of aliphatic hydroxyl groups excluding tert-OH is 1. The molecular formula is C10H15N3O3. The van der Waals surface area contributed by atoms with Gasteiger partial charge in [-0.05, 0) is 12.0 Å². The quantitative estimate of drug-likeness (QED) is 0.584. The zero-order valence-corrected chi connectivity index (χ0v) is 9.25. The predicted molar refractivity (Wildman–Crippen MR) is 60.2 cm³/mol. The zero-order valence-electron chi connectivity index (χ0n) is 9.25. The van der Waals surface area contributed by atoms with E-state index < -0.39 is 4.92 Å². The molecule has 88 valence electrons. The summed E-state index contributed by atoms with van der Waals surface area (Å²) >= 11 is 0. The molecule has 1 aromatic heterocycles. The molecule has 6 heteroatoms. The van der Waals surface area contributed by atoms with E-state index in [0.717, 1.165) is 0 Å². The predicted octanol–water partition coefficient (Wildman–Crippen LogP) is 1.42. The van der Waals surface area contributed by atoms with Crippen molar-refractivity contribution in [3.8, 4) is 0 Å². The summed E-state index contributed by atoms with van der Waals surface area (Å²) in [7, 11) is 0. The van der Waals surface area contributed by atoms with E-state index in [1.165, 1.54) is 18.3 Å². The smallest absolute Gasteiger partial charge is 0.287 e. The van der Waals surface area contributed by atoms with Gasteiger partial charge in [-0.25, -0.2) is 4.98 Å². The molecule has 1 unspecified atom stereocenters. The van der Waals surface area contributed by atoms with Crippen LogP contribution in [0, 0.1) is 16.0 Å². The van der Waals surface area contributed by atoms with E-state index >= 15 is 0 Å². The summed E-state index contributed by atoms with van der Waals surface area (Å²) in [6.07, 6.45) is 1.19. The van der Waals surface area contributed by atoms with Crippen molar-refractivity contribution in [1.29, 1.82) is 0 Å². The Labute approximate surface area is 93.5 Å². The number of aromatic nitrogens is 1. The minimum absolute atomic E-state index is 0.00364. The highest BCUT2D eigenvalue weighted by atomic mass is 16.6. The average Bonchev–Trinajstić information content (AvgIpc) is 2.26. The van der Waals surface area contributed by atoms with Gasteiger partial charge in [0, 0.05) is 6.07 Å². The first kappa shape index (κ1) is 12.4. The van der Waals surface area contributed by atoms with Crippen LogP contribution in [0.15, 0.2) is 18.3 Å². The molecule has 1 heterocycles. The number of nitro groups is 1. The number of rotatable bonds is 5. The van der Waals surface area contributed by atoms with Crippen LogP contribution in [0.1, 0.15) is 13.8 Å². The molecule has 6 nitrogen and oxygen atoms in total. The zero-order chi connectivity index (χ0) is 12.1. The molecule has 1 aromatic rings. The highest BCUT2D eigenvalue weighted by Crippen LogP contribution is 2.14. The van der Waals surface area contributed by atoms with E-state index in [1.807, 2.05) is 13.8 Å². The number of aliphatic hydroxyl groups is 1. The fourth-order valence-electron chi connectivity index (χ4n) is 1.19. The molecule has 0 aliphatic rings. The largest absolute Gasteiger partial charge is 0.394 e. The number of hydrogen-bond acceptors (Lipinski definition) is 5. The molecule has 0 radical (unpaired) electrons. The van der Waals surface area contributed by atoms with Crippen LogP contribution in [0.5, 0.6) is 0 Å². The Kier molecular flexibility index (Phi) is 4.19. The number of hydrogen-bond donors (Lipinski definition) is 2. The normalized spacial score (nSPS) is 12.5. The molecular weight excluding hydrogens is 210 g/mol. The fourth-order valence-corrected chi connectivity index (χ4v) is 1.19. The Bertz CT molecular complexity index is 351. The van der Waals surface area contributed by atoms with Gasteiger partial charge in [-0.3, -0.25) is 10.1 Å². The monoisotopic (exact) mass is 225 g/mol. The van der Waals surface area contributed by atoms with Crippen molar-refractivity contribution in [2.75, 3.05) is 11.9 Å². The average molecular weight is 225 g/mol. The van der Waals surface area contributed by atoms with Gasteiger partial charge in [0.1, 0.15) is 12.0 Å². The standard InChI is InChI=1S/C10H15N3O3/c1-7(2)9(6-14)12-10-4-3-8(5-11-10)13(15)16/h3-5,7,9,14H,6H2,1-2H3,(H,11,12). The van der Waals surface area contributed by atoms with Gasteiger partial charge in [-0.1, -0.05) is 13.8 Å². The number of nitrogens with one attached hydrogen (secondary N) is 1. The summed E-state index contributed by atoms with van der Waals surface area (Å²) in [5.41, 5.74) is -0.0457. The summed E-state index contributed by atoms with van der Waals surface area (Å²) in [6.45, 7) is 3.94. The van der Waals surface area contributed by atoms with E-state index in [-0.39, 0.29) is 24.3 Å². The third kappa shape index (κ3) is 3.16. The van der Waals surface area contributed by atoms with Crippen molar-refractivity contribution in [2.24, 2.45) is 5.92 Å². The molecule has 16 heavy (non-hydrogen) atoms. The second-order valence-electron chi connectivity index (χ2n) is 3.84.